The minimum Gasteiger partial charge on any atom is -0.394 e. The van der Waals surface area contributed by atoms with Gasteiger partial charge in [0, 0.05) is 30.9 Å². The number of likely N-dealkylation sites (tertiary alicyclic amines) is 1. The van der Waals surface area contributed by atoms with Gasteiger partial charge in [0.25, 0.3) is 5.91 Å². The van der Waals surface area contributed by atoms with Gasteiger partial charge in [0.15, 0.2) is 0 Å². The van der Waals surface area contributed by atoms with E-state index >= 15 is 0 Å². The van der Waals surface area contributed by atoms with Crippen LogP contribution in [-0.4, -0.2) is 53.4 Å². The highest BCUT2D eigenvalue weighted by atomic mass is 16.3. The van der Waals surface area contributed by atoms with Gasteiger partial charge < -0.3 is 20.4 Å². The molecule has 20 heavy (non-hydrogen) atoms. The van der Waals surface area contributed by atoms with E-state index in [1.165, 1.54) is 0 Å². The molecule has 0 saturated carbocycles. The van der Waals surface area contributed by atoms with Gasteiger partial charge in [-0.15, -0.1) is 0 Å². The fraction of sp³-hybridized carbons (Fsp3) is 0.533. The molecule has 1 unspecified atom stereocenters. The summed E-state index contributed by atoms with van der Waals surface area (Å²) < 4.78 is 0. The Balaban J connectivity index is 2.03. The number of amides is 1. The van der Waals surface area contributed by atoms with Crippen LogP contribution in [0, 0.1) is 6.92 Å². The molecule has 0 aliphatic carbocycles. The molecule has 5 nitrogen and oxygen atoms in total. The molecule has 1 aromatic rings. The lowest BCUT2D eigenvalue weighted by Crippen LogP contribution is -2.27. The van der Waals surface area contributed by atoms with E-state index in [9.17, 15) is 9.90 Å². The van der Waals surface area contributed by atoms with E-state index in [2.05, 4.69) is 5.32 Å². The van der Waals surface area contributed by atoms with Crippen molar-refractivity contribution >= 4 is 11.6 Å². The Morgan fingerprint density at radius 1 is 1.40 bits per heavy atom. The third kappa shape index (κ3) is 3.49. The van der Waals surface area contributed by atoms with Crippen molar-refractivity contribution in [1.29, 1.82) is 0 Å². The first-order valence-electron chi connectivity index (χ1n) is 7.04. The van der Waals surface area contributed by atoms with E-state index in [1.807, 2.05) is 24.0 Å². The molecule has 1 aliphatic rings. The van der Waals surface area contributed by atoms with Crippen LogP contribution in [0.5, 0.6) is 0 Å². The zero-order valence-corrected chi connectivity index (χ0v) is 11.8. The molecule has 1 aliphatic heterocycles. The van der Waals surface area contributed by atoms with E-state index < -0.39 is 6.10 Å². The van der Waals surface area contributed by atoms with Crippen LogP contribution < -0.4 is 5.32 Å². The van der Waals surface area contributed by atoms with Crippen LogP contribution >= 0.6 is 0 Å². The average molecular weight is 278 g/mol. The number of nitrogens with one attached hydrogen (secondary N) is 1. The van der Waals surface area contributed by atoms with Crippen LogP contribution in [0.3, 0.4) is 0 Å². The van der Waals surface area contributed by atoms with Gasteiger partial charge >= 0.3 is 0 Å². The van der Waals surface area contributed by atoms with E-state index in [4.69, 9.17) is 5.11 Å². The molecule has 1 fully saturated rings. The molecule has 1 aromatic carbocycles. The highest BCUT2D eigenvalue weighted by Gasteiger charge is 2.19. The number of aliphatic hydroxyl groups is 2. The third-order valence-corrected chi connectivity index (χ3v) is 3.61. The Morgan fingerprint density at radius 3 is 2.70 bits per heavy atom. The van der Waals surface area contributed by atoms with Gasteiger partial charge in [-0.25, -0.2) is 0 Å². The molecule has 0 bridgehead atoms. The summed E-state index contributed by atoms with van der Waals surface area (Å²) in [5.41, 5.74) is 2.54. The monoisotopic (exact) mass is 278 g/mol. The molecule has 2 rings (SSSR count). The van der Waals surface area contributed by atoms with E-state index in [0.29, 0.717) is 5.56 Å². The maximum Gasteiger partial charge on any atom is 0.253 e. The lowest BCUT2D eigenvalue weighted by molar-refractivity contribution is 0.0792. The standard InChI is InChI=1S/C15H22N2O3/c1-11-8-12(15(20)17-6-2-3-7-17)4-5-14(11)16-9-13(19)10-18/h4-5,8,13,16,18-19H,2-3,6-7,9-10H2,1H3. The van der Waals surface area contributed by atoms with E-state index in [-0.39, 0.29) is 19.1 Å². The SMILES string of the molecule is Cc1cc(C(=O)N2CCCC2)ccc1NCC(O)CO. The molecular formula is C15H22N2O3. The van der Waals surface area contributed by atoms with E-state index in [0.717, 1.165) is 37.2 Å². The van der Waals surface area contributed by atoms with Crippen LogP contribution in [-0.2, 0) is 0 Å². The Hall–Kier alpha value is -1.59. The number of benzene rings is 1. The van der Waals surface area contributed by atoms with Crippen LogP contribution in [0.1, 0.15) is 28.8 Å². The predicted molar refractivity (Wildman–Crippen MR) is 77.9 cm³/mol. The molecule has 0 aromatic heterocycles. The van der Waals surface area contributed by atoms with Crippen molar-refractivity contribution in [3.05, 3.63) is 29.3 Å². The van der Waals surface area contributed by atoms with E-state index in [1.54, 1.807) is 6.07 Å². The summed E-state index contributed by atoms with van der Waals surface area (Å²) in [5.74, 6) is 0.0903. The summed E-state index contributed by atoms with van der Waals surface area (Å²) in [7, 11) is 0. The minimum absolute atomic E-state index is 0.0903. The maximum atomic E-state index is 12.3. The lowest BCUT2D eigenvalue weighted by Gasteiger charge is -2.17. The Bertz CT molecular complexity index is 470. The predicted octanol–water partition coefficient (Wildman–Crippen LogP) is 0.996. The average Bonchev–Trinajstić information content (AvgIpc) is 2.98. The third-order valence-electron chi connectivity index (χ3n) is 3.61. The van der Waals surface area contributed by atoms with Gasteiger partial charge in [-0.1, -0.05) is 0 Å². The lowest BCUT2D eigenvalue weighted by atomic mass is 10.1. The Labute approximate surface area is 119 Å². The van der Waals surface area contributed by atoms with Gasteiger partial charge in [0.05, 0.1) is 12.7 Å². The van der Waals surface area contributed by atoms with Crippen molar-refractivity contribution in [1.82, 2.24) is 4.90 Å². The molecule has 1 heterocycles. The van der Waals surface area contributed by atoms with Gasteiger partial charge in [0.2, 0.25) is 0 Å². The Kier molecular flexibility index (Phi) is 4.98. The number of anilines is 1. The van der Waals surface area contributed by atoms with Crippen LogP contribution in [0.2, 0.25) is 0 Å². The second-order valence-corrected chi connectivity index (χ2v) is 5.25. The van der Waals surface area contributed by atoms with Gasteiger partial charge in [-0.05, 0) is 43.5 Å². The summed E-state index contributed by atoms with van der Waals surface area (Å²) in [6, 6.07) is 5.53. The maximum absolute atomic E-state index is 12.3. The number of aryl methyl sites for hydroxylation is 1. The molecule has 3 N–H and O–H groups in total. The molecule has 5 heteroatoms. The molecule has 1 atom stereocenters. The second-order valence-electron chi connectivity index (χ2n) is 5.25. The van der Waals surface area contributed by atoms with Gasteiger partial charge in [-0.3, -0.25) is 4.79 Å². The summed E-state index contributed by atoms with van der Waals surface area (Å²) in [6.07, 6.45) is 1.40. The number of carbonyl (C=O) groups excluding carboxylic acids is 1. The van der Waals surface area contributed by atoms with Crippen LogP contribution in [0.25, 0.3) is 0 Å². The number of hydrogen-bond donors (Lipinski definition) is 3. The number of aliphatic hydroxyl groups excluding tert-OH is 2. The van der Waals surface area contributed by atoms with Crippen molar-refractivity contribution in [2.45, 2.75) is 25.9 Å². The summed E-state index contributed by atoms with van der Waals surface area (Å²) in [4.78, 5) is 14.1. The first-order valence-corrected chi connectivity index (χ1v) is 7.04. The van der Waals surface area contributed by atoms with Crippen molar-refractivity contribution in [2.24, 2.45) is 0 Å². The quantitative estimate of drug-likeness (QED) is 0.751. The topological polar surface area (TPSA) is 72.8 Å². The summed E-state index contributed by atoms with van der Waals surface area (Å²) in [5, 5.41) is 21.2. The zero-order valence-electron chi connectivity index (χ0n) is 11.8. The first kappa shape index (κ1) is 14.8. The minimum atomic E-state index is -0.777. The first-order chi connectivity index (χ1) is 9.61. The largest absolute Gasteiger partial charge is 0.394 e. The normalized spacial score (nSPS) is 16.2. The van der Waals surface area contributed by atoms with Crippen molar-refractivity contribution in [3.8, 4) is 0 Å². The molecule has 0 spiro atoms. The van der Waals surface area contributed by atoms with Crippen molar-refractivity contribution in [2.75, 3.05) is 31.6 Å². The molecule has 110 valence electrons. The molecule has 0 radical (unpaired) electrons. The number of carbonyl (C=O) groups is 1. The fourth-order valence-corrected chi connectivity index (χ4v) is 2.39. The van der Waals surface area contributed by atoms with Crippen molar-refractivity contribution < 1.29 is 15.0 Å². The Morgan fingerprint density at radius 2 is 2.10 bits per heavy atom. The molecular weight excluding hydrogens is 256 g/mol. The highest BCUT2D eigenvalue weighted by Crippen LogP contribution is 2.19. The van der Waals surface area contributed by atoms with Crippen LogP contribution in [0.4, 0.5) is 5.69 Å². The van der Waals surface area contributed by atoms with Gasteiger partial charge in [0.1, 0.15) is 0 Å². The van der Waals surface area contributed by atoms with Crippen LogP contribution in [0.15, 0.2) is 18.2 Å². The molecule has 1 amide bonds. The number of hydrogen-bond acceptors (Lipinski definition) is 4. The number of rotatable bonds is 5. The van der Waals surface area contributed by atoms with Gasteiger partial charge in [-0.2, -0.15) is 0 Å². The second kappa shape index (κ2) is 6.72. The number of nitrogens with zero attached hydrogens (tertiary/aromatic N) is 1. The highest BCUT2D eigenvalue weighted by molar-refractivity contribution is 5.95. The van der Waals surface area contributed by atoms with Crippen molar-refractivity contribution in [3.63, 3.8) is 0 Å². The summed E-state index contributed by atoms with van der Waals surface area (Å²) >= 11 is 0. The smallest absolute Gasteiger partial charge is 0.253 e. The summed E-state index contributed by atoms with van der Waals surface area (Å²) in [6.45, 7) is 3.64. The zero-order chi connectivity index (χ0) is 14.5. The fourth-order valence-electron chi connectivity index (χ4n) is 2.39. The molecule has 1 saturated heterocycles.